The highest BCUT2D eigenvalue weighted by atomic mass is 32.2. The zero-order valence-electron chi connectivity index (χ0n) is 22.1. The van der Waals surface area contributed by atoms with E-state index in [1.54, 1.807) is 0 Å². The Kier molecular flexibility index (Phi) is 8.89. The van der Waals surface area contributed by atoms with Gasteiger partial charge in [0, 0.05) is 10.8 Å². The van der Waals surface area contributed by atoms with Crippen molar-refractivity contribution in [2.24, 2.45) is 0 Å². The maximum atomic E-state index is 13.7. The Morgan fingerprint density at radius 1 is 0.778 bits per heavy atom. The molecule has 0 radical (unpaired) electrons. The second-order valence-corrected chi connectivity index (χ2v) is 12.7. The second-order valence-electron chi connectivity index (χ2n) is 9.02. The lowest BCUT2D eigenvalue weighted by Crippen LogP contribution is -2.39. The van der Waals surface area contributed by atoms with E-state index >= 15 is 0 Å². The minimum atomic E-state index is -5.12. The molecule has 0 unspecified atom stereocenters. The Hall–Kier alpha value is -4.65. The number of halogens is 7. The quantitative estimate of drug-likeness (QED) is 0.223. The van der Waals surface area contributed by atoms with E-state index in [1.165, 1.54) is 12.1 Å². The lowest BCUT2D eigenvalue weighted by atomic mass is 10.1. The molecule has 4 aromatic rings. The summed E-state index contributed by atoms with van der Waals surface area (Å²) in [5, 5.41) is 8.89. The third kappa shape index (κ3) is 7.54. The van der Waals surface area contributed by atoms with E-state index in [4.69, 9.17) is 0 Å². The number of carboxylic acid groups (broad SMARTS) is 1. The van der Waals surface area contributed by atoms with Crippen LogP contribution in [0, 0.1) is 5.82 Å². The minimum absolute atomic E-state index is 0.0608. The SMILES string of the molecule is O=C(O)CN(c1ncc(N(CC(F)(F)F)S(=O)(=O)c2ccc(F)cc2)c2ccccc12)S(=O)(=O)c1ccc(OC(F)(F)F)cc1. The summed E-state index contributed by atoms with van der Waals surface area (Å²) >= 11 is 0. The number of fused-ring (bicyclic) bond motifs is 1. The van der Waals surface area contributed by atoms with Crippen LogP contribution in [0.4, 0.5) is 42.2 Å². The largest absolute Gasteiger partial charge is 0.573 e. The molecule has 0 saturated heterocycles. The molecule has 4 rings (SSSR count). The monoisotopic (exact) mass is 681 g/mol. The summed E-state index contributed by atoms with van der Waals surface area (Å²) in [5.41, 5.74) is -0.683. The van der Waals surface area contributed by atoms with E-state index in [0.717, 1.165) is 24.3 Å². The fourth-order valence-electron chi connectivity index (χ4n) is 4.09. The second kappa shape index (κ2) is 12.0. The minimum Gasteiger partial charge on any atom is -0.480 e. The lowest BCUT2D eigenvalue weighted by Gasteiger charge is -2.28. The van der Waals surface area contributed by atoms with E-state index in [9.17, 15) is 57.5 Å². The van der Waals surface area contributed by atoms with Crippen LogP contribution < -0.4 is 13.3 Å². The standard InChI is InChI=1S/C26H18F7N3O7S2/c27-16-5-9-18(10-6-16)45(41,42)36(15-25(28,29)30)22-13-34-24(21-4-2-1-3-20(21)22)35(14-23(37)38)44(39,40)19-11-7-17(8-12-19)43-26(31,32)33/h1-13H,14-15H2,(H,37,38). The van der Waals surface area contributed by atoms with Crippen molar-refractivity contribution in [2.45, 2.75) is 22.3 Å². The topological polar surface area (TPSA) is 134 Å². The van der Waals surface area contributed by atoms with Gasteiger partial charge in [-0.25, -0.2) is 30.5 Å². The van der Waals surface area contributed by atoms with Crippen LogP contribution in [-0.2, 0) is 24.8 Å². The molecule has 240 valence electrons. The molecule has 0 bridgehead atoms. The van der Waals surface area contributed by atoms with Gasteiger partial charge < -0.3 is 9.84 Å². The molecule has 0 saturated carbocycles. The van der Waals surface area contributed by atoms with Crippen LogP contribution in [0.5, 0.6) is 5.75 Å². The van der Waals surface area contributed by atoms with Crippen molar-refractivity contribution in [1.29, 1.82) is 0 Å². The van der Waals surface area contributed by atoms with Crippen molar-refractivity contribution in [3.63, 3.8) is 0 Å². The van der Waals surface area contributed by atoms with Gasteiger partial charge in [-0.05, 0) is 48.5 Å². The van der Waals surface area contributed by atoms with E-state index in [0.29, 0.717) is 42.6 Å². The Morgan fingerprint density at radius 2 is 1.29 bits per heavy atom. The predicted molar refractivity (Wildman–Crippen MR) is 144 cm³/mol. The van der Waals surface area contributed by atoms with Crippen LogP contribution in [0.25, 0.3) is 10.8 Å². The highest BCUT2D eigenvalue weighted by Crippen LogP contribution is 2.38. The molecule has 0 aliphatic heterocycles. The zero-order chi connectivity index (χ0) is 33.4. The Morgan fingerprint density at radius 3 is 1.80 bits per heavy atom. The van der Waals surface area contributed by atoms with Gasteiger partial charge in [0.25, 0.3) is 20.0 Å². The van der Waals surface area contributed by atoms with Crippen molar-refractivity contribution in [2.75, 3.05) is 21.7 Å². The average Bonchev–Trinajstić information content (AvgIpc) is 2.93. The van der Waals surface area contributed by atoms with Gasteiger partial charge in [0.1, 0.15) is 24.7 Å². The molecule has 1 N–H and O–H groups in total. The van der Waals surface area contributed by atoms with Crippen LogP contribution in [0.15, 0.2) is 88.8 Å². The summed E-state index contributed by atoms with van der Waals surface area (Å²) in [4.78, 5) is 14.2. The number of pyridine rings is 1. The highest BCUT2D eigenvalue weighted by molar-refractivity contribution is 7.93. The van der Waals surface area contributed by atoms with Gasteiger partial charge >= 0.3 is 18.5 Å². The number of alkyl halides is 6. The predicted octanol–water partition coefficient (Wildman–Crippen LogP) is 5.31. The van der Waals surface area contributed by atoms with Crippen LogP contribution in [-0.4, -0.2) is 58.5 Å². The van der Waals surface area contributed by atoms with E-state index < -0.39 is 84.5 Å². The van der Waals surface area contributed by atoms with Crippen LogP contribution in [0.3, 0.4) is 0 Å². The molecule has 19 heteroatoms. The molecule has 1 heterocycles. The summed E-state index contributed by atoms with van der Waals surface area (Å²) < 4.78 is 150. The van der Waals surface area contributed by atoms with E-state index in [2.05, 4.69) is 9.72 Å². The molecule has 0 atom stereocenters. The summed E-state index contributed by atoms with van der Waals surface area (Å²) in [6, 6.07) is 10.5. The molecule has 10 nitrogen and oxygen atoms in total. The maximum Gasteiger partial charge on any atom is 0.573 e. The first-order chi connectivity index (χ1) is 20.8. The first kappa shape index (κ1) is 33.2. The molecular weight excluding hydrogens is 663 g/mol. The number of aliphatic carboxylic acids is 1. The zero-order valence-corrected chi connectivity index (χ0v) is 23.8. The molecular formula is C26H18F7N3O7S2. The third-order valence-corrected chi connectivity index (χ3v) is 9.43. The number of hydrogen-bond acceptors (Lipinski definition) is 7. The molecule has 0 aliphatic rings. The van der Waals surface area contributed by atoms with E-state index in [-0.39, 0.29) is 19.4 Å². The number of hydrogen-bond donors (Lipinski definition) is 1. The molecule has 3 aromatic carbocycles. The fourth-order valence-corrected chi connectivity index (χ4v) is 6.94. The van der Waals surface area contributed by atoms with Gasteiger partial charge in [0.05, 0.1) is 21.7 Å². The van der Waals surface area contributed by atoms with Gasteiger partial charge in [-0.1, -0.05) is 24.3 Å². The average molecular weight is 682 g/mol. The first-order valence-corrected chi connectivity index (χ1v) is 15.0. The molecule has 0 fully saturated rings. The third-order valence-electron chi connectivity index (χ3n) is 5.91. The lowest BCUT2D eigenvalue weighted by molar-refractivity contribution is -0.274. The Balaban J connectivity index is 1.90. The van der Waals surface area contributed by atoms with Crippen molar-refractivity contribution >= 4 is 48.3 Å². The first-order valence-electron chi connectivity index (χ1n) is 12.1. The van der Waals surface area contributed by atoms with Crippen molar-refractivity contribution < 1.29 is 62.2 Å². The summed E-state index contributed by atoms with van der Waals surface area (Å²) in [6.45, 7) is -3.39. The number of aromatic nitrogens is 1. The number of sulfonamides is 2. The van der Waals surface area contributed by atoms with Gasteiger partial charge in [0.15, 0.2) is 5.82 Å². The highest BCUT2D eigenvalue weighted by Gasteiger charge is 2.39. The smallest absolute Gasteiger partial charge is 0.480 e. The van der Waals surface area contributed by atoms with Crippen molar-refractivity contribution in [1.82, 2.24) is 4.98 Å². The molecule has 45 heavy (non-hydrogen) atoms. The molecule has 0 spiro atoms. The number of nitrogens with zero attached hydrogens (tertiary/aromatic N) is 3. The van der Waals surface area contributed by atoms with Gasteiger partial charge in [-0.2, -0.15) is 13.2 Å². The summed E-state index contributed by atoms with van der Waals surface area (Å²) in [7, 11) is -9.98. The van der Waals surface area contributed by atoms with Crippen LogP contribution >= 0.6 is 0 Å². The molecule has 1 aromatic heterocycles. The number of carbonyl (C=O) groups is 1. The number of rotatable bonds is 10. The maximum absolute atomic E-state index is 13.7. The van der Waals surface area contributed by atoms with Gasteiger partial charge in [-0.3, -0.25) is 9.10 Å². The fraction of sp³-hybridized carbons (Fsp3) is 0.154. The van der Waals surface area contributed by atoms with Crippen molar-refractivity contribution in [3.8, 4) is 5.75 Å². The Bertz CT molecular complexity index is 1940. The molecule has 0 amide bonds. The number of benzene rings is 3. The van der Waals surface area contributed by atoms with Gasteiger partial charge in [-0.15, -0.1) is 13.2 Å². The normalized spacial score (nSPS) is 12.6. The number of carboxylic acids is 1. The van der Waals surface area contributed by atoms with Crippen LogP contribution in [0.2, 0.25) is 0 Å². The van der Waals surface area contributed by atoms with Crippen molar-refractivity contribution in [3.05, 3.63) is 84.8 Å². The summed E-state index contributed by atoms with van der Waals surface area (Å²) in [6.07, 6.45) is -9.62. The van der Waals surface area contributed by atoms with Crippen LogP contribution in [0.1, 0.15) is 0 Å². The summed E-state index contributed by atoms with van der Waals surface area (Å²) in [5.74, 6) is -4.03. The number of anilines is 2. The van der Waals surface area contributed by atoms with Gasteiger partial charge in [0.2, 0.25) is 0 Å². The number of ether oxygens (including phenoxy) is 1. The Labute approximate surface area is 250 Å². The molecule has 0 aliphatic carbocycles. The van der Waals surface area contributed by atoms with E-state index in [1.807, 2.05) is 0 Å².